The molecule has 0 amide bonds. The molecule has 0 N–H and O–H groups in total. The molecule has 6 aliphatic heterocycles. The van der Waals surface area contributed by atoms with E-state index in [0.29, 0.717) is 0 Å². The second-order valence-corrected chi connectivity index (χ2v) is 27.3. The number of pyridine rings is 9. The summed E-state index contributed by atoms with van der Waals surface area (Å²) in [7, 11) is 12.5. The minimum atomic E-state index is 0.208. The molecular formula is C105H165N27. The quantitative estimate of drug-likeness (QED) is 0.150. The highest BCUT2D eigenvalue weighted by Crippen LogP contribution is 2.49. The summed E-state index contributed by atoms with van der Waals surface area (Å²) < 4.78 is 0. The Bertz CT molecular complexity index is 4320. The minimum absolute atomic E-state index is 0.208. The van der Waals surface area contributed by atoms with Gasteiger partial charge in [0.05, 0.1) is 141 Å². The molecule has 27 heteroatoms. The van der Waals surface area contributed by atoms with Gasteiger partial charge in [0.15, 0.2) is 5.82 Å². The van der Waals surface area contributed by atoms with E-state index < -0.39 is 0 Å². The van der Waals surface area contributed by atoms with Crippen molar-refractivity contribution in [2.45, 2.75) is 286 Å². The number of anilines is 18. The van der Waals surface area contributed by atoms with E-state index in [0.717, 1.165) is 91.3 Å². The maximum Gasteiger partial charge on any atom is 0.156 e. The lowest BCUT2D eigenvalue weighted by atomic mass is 10.2. The van der Waals surface area contributed by atoms with Crippen molar-refractivity contribution >= 4 is 103 Å². The summed E-state index contributed by atoms with van der Waals surface area (Å²) in [6.07, 6.45) is 43.5. The zero-order chi connectivity index (χ0) is 100. The zero-order valence-electron chi connectivity index (χ0n) is 88.6. The summed E-state index contributed by atoms with van der Waals surface area (Å²) >= 11 is 0. The molecule has 12 aromatic heterocycles. The third-order valence-electron chi connectivity index (χ3n) is 21.2. The third-order valence-corrected chi connectivity index (χ3v) is 21.2. The first kappa shape index (κ1) is 117. The second kappa shape index (κ2) is 62.5. The normalized spacial score (nSPS) is 15.3. The molecule has 18 heterocycles. The largest absolute Gasteiger partial charge is 0.351 e. The number of nitrogens with zero attached hydrogens (tertiary/aromatic N) is 27. The first-order valence-electron chi connectivity index (χ1n) is 48.0. The average molecular weight is 1810 g/mol. The number of hydrogen-bond donors (Lipinski definition) is 0. The maximum atomic E-state index is 4.52. The van der Waals surface area contributed by atoms with Crippen LogP contribution in [0.4, 0.5) is 103 Å². The first-order chi connectivity index (χ1) is 64.2. The van der Waals surface area contributed by atoms with Crippen LogP contribution in [0, 0.1) is 41.5 Å². The highest BCUT2D eigenvalue weighted by molar-refractivity contribution is 5.88. The summed E-state index contributed by atoms with van der Waals surface area (Å²) in [5.74, 6) is 2.87. The topological polar surface area (TPSA) is 232 Å². The first-order valence-corrected chi connectivity index (χ1v) is 48.0. The third kappa shape index (κ3) is 27.7. The Balaban J connectivity index is 0.000000756. The highest BCUT2D eigenvalue weighted by atomic mass is 15.5. The molecule has 18 rings (SSSR count). The molecule has 27 nitrogen and oxygen atoms in total. The summed E-state index contributed by atoms with van der Waals surface area (Å²) in [6, 6.07) is 20.4. The van der Waals surface area contributed by atoms with Gasteiger partial charge < -0.3 is 58.8 Å². The van der Waals surface area contributed by atoms with Gasteiger partial charge in [0.1, 0.15) is 61.3 Å². The van der Waals surface area contributed by atoms with Crippen molar-refractivity contribution in [3.63, 3.8) is 0 Å². The van der Waals surface area contributed by atoms with Gasteiger partial charge in [-0.1, -0.05) is 172 Å². The Kier molecular flexibility index (Phi) is 55.5. The number of aryl methyl sites for hydroxylation is 6. The van der Waals surface area contributed by atoms with E-state index in [4.69, 9.17) is 0 Å². The Morgan fingerprint density at radius 1 is 0.182 bits per heavy atom. The fourth-order valence-electron chi connectivity index (χ4n) is 14.5. The van der Waals surface area contributed by atoms with Crippen LogP contribution >= 0.6 is 0 Å². The molecule has 0 radical (unpaired) electrons. The second-order valence-electron chi connectivity index (χ2n) is 27.3. The van der Waals surface area contributed by atoms with Gasteiger partial charge in [-0.3, -0.25) is 44.9 Å². The fraction of sp³-hybridized carbons (Fsp3) is 0.457. The molecule has 6 unspecified atom stereocenters. The van der Waals surface area contributed by atoms with E-state index in [1.54, 1.807) is 25.0 Å². The lowest BCUT2D eigenvalue weighted by Crippen LogP contribution is -2.36. The predicted molar refractivity (Wildman–Crippen MR) is 569 cm³/mol. The molecule has 6 atom stereocenters. The smallest absolute Gasteiger partial charge is 0.156 e. The van der Waals surface area contributed by atoms with Crippen LogP contribution in [0.3, 0.4) is 0 Å². The summed E-state index contributed by atoms with van der Waals surface area (Å²) in [5.41, 5.74) is 23.8. The van der Waals surface area contributed by atoms with Crippen molar-refractivity contribution in [3.8, 4) is 0 Å². The Morgan fingerprint density at radius 3 is 0.758 bits per heavy atom. The molecule has 0 fully saturated rings. The molecule has 0 aromatic carbocycles. The molecule has 0 saturated heterocycles. The maximum absolute atomic E-state index is 4.52. The monoisotopic (exact) mass is 1800 g/mol. The molecule has 0 spiro atoms. The predicted octanol–water partition coefficient (Wildman–Crippen LogP) is 26.8. The summed E-state index contributed by atoms with van der Waals surface area (Å²) in [4.78, 5) is 90.6. The SMILES string of the molecule is CC.CC.CC.CC.CC.CC.CC.CC.CC.CC.CC.CC.Cc1cccnc1N1c2ccncc2N(C)C1C.Cc1ccncc1N1c2ccncc2N(C)C1C.Cc1cnccc1N1c2ccncc2N(C)C1C.Cc1cncnc1N1c2ccncc2N(C)C1C.Cc1nccnc1N1c2ccncc2N(C)C1C.Cc1ncncc1N1c2ccncc2N(C)C1C. The Labute approximate surface area is 797 Å². The van der Waals surface area contributed by atoms with Gasteiger partial charge in [0.2, 0.25) is 0 Å². The van der Waals surface area contributed by atoms with Crippen LogP contribution in [0.5, 0.6) is 0 Å². The van der Waals surface area contributed by atoms with Crippen LogP contribution in [0.1, 0.15) is 241 Å². The van der Waals surface area contributed by atoms with Crippen molar-refractivity contribution in [2.75, 3.05) is 101 Å². The van der Waals surface area contributed by atoms with Gasteiger partial charge in [-0.05, 0) is 154 Å². The minimum Gasteiger partial charge on any atom is -0.351 e. The number of fused-ring (bicyclic) bond motifs is 6. The Morgan fingerprint density at radius 2 is 0.432 bits per heavy atom. The van der Waals surface area contributed by atoms with Crippen LogP contribution in [0.15, 0.2) is 203 Å². The van der Waals surface area contributed by atoms with Gasteiger partial charge in [0.25, 0.3) is 0 Å². The van der Waals surface area contributed by atoms with Crippen molar-refractivity contribution in [1.29, 1.82) is 0 Å². The summed E-state index contributed by atoms with van der Waals surface area (Å²) in [6.45, 7) is 73.3. The van der Waals surface area contributed by atoms with Crippen LogP contribution < -0.4 is 58.8 Å². The van der Waals surface area contributed by atoms with E-state index in [2.05, 4.69) is 262 Å². The molecule has 0 aliphatic carbocycles. The molecule has 720 valence electrons. The molecule has 132 heavy (non-hydrogen) atoms. The van der Waals surface area contributed by atoms with Crippen LogP contribution in [-0.2, 0) is 0 Å². The van der Waals surface area contributed by atoms with E-state index >= 15 is 0 Å². The van der Waals surface area contributed by atoms with E-state index in [9.17, 15) is 0 Å². The lowest BCUT2D eigenvalue weighted by molar-refractivity contribution is 0.722. The Hall–Kier alpha value is -12.8. The van der Waals surface area contributed by atoms with E-state index in [1.807, 2.05) is 341 Å². The number of hydrogen-bond acceptors (Lipinski definition) is 27. The van der Waals surface area contributed by atoms with Gasteiger partial charge >= 0.3 is 0 Å². The average Bonchev–Trinajstić information content (AvgIpc) is 1.66. The molecule has 6 aliphatic rings. The van der Waals surface area contributed by atoms with Crippen molar-refractivity contribution in [3.05, 3.63) is 237 Å². The molecule has 12 aromatic rings. The van der Waals surface area contributed by atoms with Gasteiger partial charge in [-0.25, -0.2) is 29.9 Å². The molecular weight excluding hydrogens is 1640 g/mol. The van der Waals surface area contributed by atoms with Crippen molar-refractivity contribution in [2.24, 2.45) is 0 Å². The standard InChI is InChI=1S/3C14H16N4.3C13H15N5.12C2H6/c1-10-8-15-6-4-12(10)18-11(2)17(3)14-9-16-7-5-13(14)18;1-10-4-6-15-8-13(10)18-11(2)17(3)14-9-16-7-5-12(14)18;1-10-5-4-7-16-14(10)18-11(2)17(3)13-9-15-8-6-12(13)18;1-9-12(6-15-8-16-9)18-10(2)17(3)13-7-14-5-4-11(13)18;1-9-6-15-8-16-13(9)18-10(2)17(3)12-7-14-5-4-11(12)18;1-9-13(16-7-6-15-9)18-10(2)17(3)12-8-14-5-4-11(12)18;12*1-2/h3*4-9,11H,1-3H3;3*4-8,10H,1-3H3;12*1-2H3. The lowest BCUT2D eigenvalue weighted by Gasteiger charge is -2.28. The molecule has 0 bridgehead atoms. The van der Waals surface area contributed by atoms with E-state index in [1.165, 1.54) is 45.1 Å². The van der Waals surface area contributed by atoms with Gasteiger partial charge in [-0.2, -0.15) is 0 Å². The van der Waals surface area contributed by atoms with E-state index in [-0.39, 0.29) is 37.0 Å². The van der Waals surface area contributed by atoms with Crippen molar-refractivity contribution in [1.82, 2.24) is 74.8 Å². The zero-order valence-corrected chi connectivity index (χ0v) is 88.6. The van der Waals surface area contributed by atoms with Crippen LogP contribution in [0.25, 0.3) is 0 Å². The van der Waals surface area contributed by atoms with Crippen LogP contribution in [0.2, 0.25) is 0 Å². The number of aromatic nitrogens is 15. The van der Waals surface area contributed by atoms with Crippen molar-refractivity contribution < 1.29 is 0 Å². The molecule has 0 saturated carbocycles. The van der Waals surface area contributed by atoms with Gasteiger partial charge in [-0.15, -0.1) is 0 Å². The number of rotatable bonds is 6. The van der Waals surface area contributed by atoms with Gasteiger partial charge in [0, 0.05) is 134 Å². The fourth-order valence-corrected chi connectivity index (χ4v) is 14.5. The van der Waals surface area contributed by atoms with Crippen LogP contribution in [-0.4, -0.2) is 154 Å². The summed E-state index contributed by atoms with van der Waals surface area (Å²) in [5, 5.41) is 0. The highest BCUT2D eigenvalue weighted by Gasteiger charge is 2.39.